The van der Waals surface area contributed by atoms with Crippen LogP contribution < -0.4 is 0 Å². The molecule has 1 spiro atoms. The van der Waals surface area contributed by atoms with E-state index in [0.717, 1.165) is 10.2 Å². The number of pyridine rings is 1. The van der Waals surface area contributed by atoms with Crippen molar-refractivity contribution in [3.05, 3.63) is 112 Å². The summed E-state index contributed by atoms with van der Waals surface area (Å²) in [6, 6.07) is 28.4. The molecule has 0 amide bonds. The first kappa shape index (κ1) is 14.5. The van der Waals surface area contributed by atoms with E-state index in [-0.39, 0.29) is 5.41 Å². The summed E-state index contributed by atoms with van der Waals surface area (Å²) in [6.45, 7) is 0. The Morgan fingerprint density at radius 2 is 1.23 bits per heavy atom. The van der Waals surface area contributed by atoms with Crippen LogP contribution in [0.4, 0.5) is 0 Å². The van der Waals surface area contributed by atoms with Crippen LogP contribution in [0.3, 0.4) is 0 Å². The van der Waals surface area contributed by atoms with Gasteiger partial charge in [-0.3, -0.25) is 4.98 Å². The topological polar surface area (TPSA) is 12.9 Å². The van der Waals surface area contributed by atoms with Gasteiger partial charge in [-0.1, -0.05) is 82.7 Å². The van der Waals surface area contributed by atoms with Gasteiger partial charge in [0.2, 0.25) is 0 Å². The Balaban J connectivity index is 1.89. The van der Waals surface area contributed by atoms with Crippen molar-refractivity contribution in [1.29, 1.82) is 0 Å². The van der Waals surface area contributed by atoms with Crippen molar-refractivity contribution in [3.8, 4) is 22.4 Å². The molecular formula is C24H14BrN. The average Bonchev–Trinajstić information content (AvgIpc) is 3.16. The Labute approximate surface area is 160 Å². The van der Waals surface area contributed by atoms with Crippen LogP contribution in [0.2, 0.25) is 0 Å². The first-order valence-electron chi connectivity index (χ1n) is 8.77. The van der Waals surface area contributed by atoms with Crippen LogP contribution in [0.1, 0.15) is 22.3 Å². The third-order valence-corrected chi connectivity index (χ3v) is 6.48. The first-order valence-corrected chi connectivity index (χ1v) is 9.57. The molecule has 0 aliphatic heterocycles. The highest BCUT2D eigenvalue weighted by molar-refractivity contribution is 9.10. The van der Waals surface area contributed by atoms with Gasteiger partial charge in [0.05, 0.1) is 11.1 Å². The molecule has 0 saturated heterocycles. The summed E-state index contributed by atoms with van der Waals surface area (Å²) < 4.78 is 1.11. The largest absolute Gasteiger partial charge is 0.256 e. The second kappa shape index (κ2) is 4.93. The third kappa shape index (κ3) is 1.51. The van der Waals surface area contributed by atoms with Gasteiger partial charge in [-0.15, -0.1) is 0 Å². The summed E-state index contributed by atoms with van der Waals surface area (Å²) in [5, 5.41) is 0. The van der Waals surface area contributed by atoms with Gasteiger partial charge in [0.15, 0.2) is 0 Å². The first-order chi connectivity index (χ1) is 12.8. The van der Waals surface area contributed by atoms with Gasteiger partial charge in [0.1, 0.15) is 0 Å². The quantitative estimate of drug-likeness (QED) is 0.298. The van der Waals surface area contributed by atoms with Crippen molar-refractivity contribution < 1.29 is 0 Å². The number of halogens is 1. The summed E-state index contributed by atoms with van der Waals surface area (Å²) in [5.41, 5.74) is 9.97. The number of aromatic nitrogens is 1. The Hall–Kier alpha value is -2.71. The summed E-state index contributed by atoms with van der Waals surface area (Å²) in [4.78, 5) is 4.80. The molecule has 0 unspecified atom stereocenters. The zero-order valence-electron chi connectivity index (χ0n) is 13.9. The molecule has 3 aromatic carbocycles. The van der Waals surface area contributed by atoms with Gasteiger partial charge in [0.25, 0.3) is 0 Å². The van der Waals surface area contributed by atoms with Crippen molar-refractivity contribution in [3.63, 3.8) is 0 Å². The fraction of sp³-hybridized carbons (Fsp3) is 0.0417. The van der Waals surface area contributed by atoms with Gasteiger partial charge in [-0.2, -0.15) is 0 Å². The molecule has 2 aliphatic rings. The Kier molecular flexibility index (Phi) is 2.74. The average molecular weight is 396 g/mol. The number of rotatable bonds is 0. The molecule has 2 heteroatoms. The fourth-order valence-electron chi connectivity index (χ4n) is 4.94. The molecule has 122 valence electrons. The third-order valence-electron chi connectivity index (χ3n) is 5.82. The van der Waals surface area contributed by atoms with Crippen LogP contribution in [-0.2, 0) is 5.41 Å². The van der Waals surface area contributed by atoms with Crippen LogP contribution in [-0.4, -0.2) is 4.98 Å². The molecule has 2 aliphatic carbocycles. The van der Waals surface area contributed by atoms with E-state index in [0.29, 0.717) is 0 Å². The van der Waals surface area contributed by atoms with E-state index in [1.807, 2.05) is 6.20 Å². The summed E-state index contributed by atoms with van der Waals surface area (Å²) in [7, 11) is 0. The van der Waals surface area contributed by atoms with Crippen LogP contribution in [0.5, 0.6) is 0 Å². The van der Waals surface area contributed by atoms with Crippen LogP contribution >= 0.6 is 15.9 Å². The van der Waals surface area contributed by atoms with Crippen LogP contribution in [0, 0.1) is 0 Å². The van der Waals surface area contributed by atoms with E-state index in [9.17, 15) is 0 Å². The molecule has 0 bridgehead atoms. The molecule has 0 fully saturated rings. The van der Waals surface area contributed by atoms with Gasteiger partial charge < -0.3 is 0 Å². The van der Waals surface area contributed by atoms with E-state index < -0.39 is 0 Å². The van der Waals surface area contributed by atoms with Crippen molar-refractivity contribution in [2.45, 2.75) is 5.41 Å². The molecule has 0 radical (unpaired) electrons. The molecule has 26 heavy (non-hydrogen) atoms. The van der Waals surface area contributed by atoms with Crippen LogP contribution in [0.25, 0.3) is 22.4 Å². The predicted octanol–water partition coefficient (Wildman–Crippen LogP) is 6.19. The van der Waals surface area contributed by atoms with Gasteiger partial charge in [-0.25, -0.2) is 0 Å². The smallest absolute Gasteiger partial charge is 0.0764 e. The minimum absolute atomic E-state index is 0.282. The lowest BCUT2D eigenvalue weighted by atomic mass is 9.71. The summed E-state index contributed by atoms with van der Waals surface area (Å²) in [5.74, 6) is 0. The Morgan fingerprint density at radius 3 is 1.96 bits per heavy atom. The maximum atomic E-state index is 4.80. The van der Waals surface area contributed by atoms with Gasteiger partial charge >= 0.3 is 0 Å². The molecule has 0 N–H and O–H groups in total. The molecule has 1 aromatic heterocycles. The predicted molar refractivity (Wildman–Crippen MR) is 108 cm³/mol. The maximum absolute atomic E-state index is 4.80. The number of benzene rings is 3. The molecule has 0 atom stereocenters. The number of fused-ring (bicyclic) bond motifs is 10. The second-order valence-electron chi connectivity index (χ2n) is 6.90. The normalized spacial score (nSPS) is 14.7. The molecule has 1 heterocycles. The molecule has 4 aromatic rings. The lowest BCUT2D eigenvalue weighted by Gasteiger charge is -2.30. The summed E-state index contributed by atoms with van der Waals surface area (Å²) in [6.07, 6.45) is 1.90. The minimum Gasteiger partial charge on any atom is -0.256 e. The summed E-state index contributed by atoms with van der Waals surface area (Å²) >= 11 is 3.79. The van der Waals surface area contributed by atoms with Crippen molar-refractivity contribution >= 4 is 15.9 Å². The SMILES string of the molecule is Brc1cccc2c1-c1ncccc1C21c2ccccc2-c2ccccc21. The zero-order valence-corrected chi connectivity index (χ0v) is 15.5. The second-order valence-corrected chi connectivity index (χ2v) is 7.76. The van der Waals surface area contributed by atoms with Crippen molar-refractivity contribution in [1.82, 2.24) is 4.98 Å². The molecular weight excluding hydrogens is 382 g/mol. The standard InChI is InChI=1S/C24H14BrN/c25-21-13-5-11-19-22(21)23-20(12-6-14-26-23)24(19)17-9-3-1-7-15(17)16-8-2-4-10-18(16)24/h1-14H. The highest BCUT2D eigenvalue weighted by Crippen LogP contribution is 2.62. The number of hydrogen-bond donors (Lipinski definition) is 0. The van der Waals surface area contributed by atoms with Gasteiger partial charge in [0, 0.05) is 16.2 Å². The van der Waals surface area contributed by atoms with E-state index >= 15 is 0 Å². The Bertz CT molecular complexity index is 1160. The van der Waals surface area contributed by atoms with Crippen molar-refractivity contribution in [2.24, 2.45) is 0 Å². The van der Waals surface area contributed by atoms with E-state index in [4.69, 9.17) is 4.98 Å². The van der Waals surface area contributed by atoms with Crippen LogP contribution in [0.15, 0.2) is 89.5 Å². The van der Waals surface area contributed by atoms with E-state index in [2.05, 4.69) is 94.8 Å². The molecule has 6 rings (SSSR count). The molecule has 0 saturated carbocycles. The maximum Gasteiger partial charge on any atom is 0.0764 e. The van der Waals surface area contributed by atoms with Gasteiger partial charge in [-0.05, 0) is 45.5 Å². The lowest BCUT2D eigenvalue weighted by molar-refractivity contribution is 0.791. The number of nitrogens with zero attached hydrogens (tertiary/aromatic N) is 1. The molecule has 1 nitrogen and oxygen atoms in total. The zero-order chi connectivity index (χ0) is 17.3. The highest BCUT2D eigenvalue weighted by Gasteiger charge is 2.52. The highest BCUT2D eigenvalue weighted by atomic mass is 79.9. The fourth-order valence-corrected chi connectivity index (χ4v) is 5.50. The van der Waals surface area contributed by atoms with E-state index in [1.165, 1.54) is 38.9 Å². The lowest BCUT2D eigenvalue weighted by Crippen LogP contribution is -2.25. The number of hydrogen-bond acceptors (Lipinski definition) is 1. The van der Waals surface area contributed by atoms with Crippen molar-refractivity contribution in [2.75, 3.05) is 0 Å². The Morgan fingerprint density at radius 1 is 0.615 bits per heavy atom. The van der Waals surface area contributed by atoms with E-state index in [1.54, 1.807) is 0 Å². The monoisotopic (exact) mass is 395 g/mol. The minimum atomic E-state index is -0.282.